The van der Waals surface area contributed by atoms with Crippen LogP contribution in [0, 0.1) is 10.1 Å². The van der Waals surface area contributed by atoms with E-state index in [9.17, 15) is 19.7 Å². The van der Waals surface area contributed by atoms with Crippen LogP contribution in [0.4, 0.5) is 11.4 Å². The molecule has 2 N–H and O–H groups in total. The van der Waals surface area contributed by atoms with Crippen LogP contribution in [0.2, 0.25) is 0 Å². The molecule has 0 unspecified atom stereocenters. The minimum absolute atomic E-state index is 0.118. The number of anilines is 1. The van der Waals surface area contributed by atoms with Crippen molar-refractivity contribution < 1.29 is 19.2 Å². The van der Waals surface area contributed by atoms with E-state index >= 15 is 0 Å². The Bertz CT molecular complexity index is 802. The first-order valence-corrected chi connectivity index (χ1v) is 7.38. The van der Waals surface area contributed by atoms with Gasteiger partial charge in [-0.2, -0.15) is 0 Å². The Morgan fingerprint density at radius 3 is 2.40 bits per heavy atom. The van der Waals surface area contributed by atoms with Gasteiger partial charge in [-0.05, 0) is 29.8 Å². The van der Waals surface area contributed by atoms with E-state index in [2.05, 4.69) is 15.4 Å². The molecule has 130 valence electrons. The van der Waals surface area contributed by atoms with E-state index in [-0.39, 0.29) is 17.2 Å². The zero-order valence-electron chi connectivity index (χ0n) is 13.7. The van der Waals surface area contributed by atoms with Gasteiger partial charge in [-0.3, -0.25) is 14.9 Å². The summed E-state index contributed by atoms with van der Waals surface area (Å²) < 4.78 is 4.58. The largest absolute Gasteiger partial charge is 0.465 e. The van der Waals surface area contributed by atoms with E-state index in [1.54, 1.807) is 31.3 Å². The maximum absolute atomic E-state index is 11.7. The van der Waals surface area contributed by atoms with E-state index < -0.39 is 10.9 Å². The second kappa shape index (κ2) is 7.91. The lowest BCUT2D eigenvalue weighted by Crippen LogP contribution is -2.17. The number of carbonyl (C=O) groups excluding carboxylic acids is 2. The van der Waals surface area contributed by atoms with Gasteiger partial charge in [-0.25, -0.2) is 4.79 Å². The molecule has 0 atom stereocenters. The highest BCUT2D eigenvalue weighted by atomic mass is 16.6. The number of ether oxygens (including phenoxy) is 1. The maximum atomic E-state index is 11.7. The summed E-state index contributed by atoms with van der Waals surface area (Å²) in [5.41, 5.74) is 1.57. The maximum Gasteiger partial charge on any atom is 0.344 e. The van der Waals surface area contributed by atoms with Gasteiger partial charge in [-0.1, -0.05) is 12.1 Å². The molecule has 0 aliphatic carbocycles. The monoisotopic (exact) mass is 343 g/mol. The number of esters is 1. The van der Waals surface area contributed by atoms with Gasteiger partial charge in [-0.15, -0.1) is 0 Å². The SMILES string of the molecule is CNC(=O)c1ccc(CNc2ccc([N+](=O)[O-])c(C(=O)OC)c2)cc1. The molecule has 2 aromatic rings. The molecule has 1 amide bonds. The zero-order valence-corrected chi connectivity index (χ0v) is 13.7. The van der Waals surface area contributed by atoms with Crippen LogP contribution in [-0.2, 0) is 11.3 Å². The number of amides is 1. The molecule has 0 saturated heterocycles. The molecule has 0 aliphatic heterocycles. The smallest absolute Gasteiger partial charge is 0.344 e. The van der Waals surface area contributed by atoms with Crippen molar-refractivity contribution in [2.24, 2.45) is 0 Å². The van der Waals surface area contributed by atoms with Gasteiger partial charge in [0.2, 0.25) is 0 Å². The summed E-state index contributed by atoms with van der Waals surface area (Å²) in [7, 11) is 2.73. The predicted molar refractivity (Wildman–Crippen MR) is 91.6 cm³/mol. The Hall–Kier alpha value is -3.42. The summed E-state index contributed by atoms with van der Waals surface area (Å²) in [4.78, 5) is 33.6. The molecule has 2 aromatic carbocycles. The number of rotatable bonds is 6. The van der Waals surface area contributed by atoms with Gasteiger partial charge >= 0.3 is 5.97 Å². The van der Waals surface area contributed by atoms with Crippen LogP contribution < -0.4 is 10.6 Å². The lowest BCUT2D eigenvalue weighted by atomic mass is 10.1. The first-order chi connectivity index (χ1) is 12.0. The van der Waals surface area contributed by atoms with Crippen molar-refractivity contribution >= 4 is 23.3 Å². The van der Waals surface area contributed by atoms with Crippen LogP contribution in [0.3, 0.4) is 0 Å². The summed E-state index contributed by atoms with van der Waals surface area (Å²) in [5.74, 6) is -0.942. The third kappa shape index (κ3) is 4.31. The molecule has 25 heavy (non-hydrogen) atoms. The summed E-state index contributed by atoms with van der Waals surface area (Å²) in [6, 6.07) is 11.1. The van der Waals surface area contributed by atoms with Crippen LogP contribution in [0.25, 0.3) is 0 Å². The minimum Gasteiger partial charge on any atom is -0.465 e. The molecule has 0 heterocycles. The summed E-state index contributed by atoms with van der Waals surface area (Å²) in [5, 5.41) is 16.6. The fraction of sp³-hybridized carbons (Fsp3) is 0.176. The highest BCUT2D eigenvalue weighted by molar-refractivity contribution is 5.95. The second-order valence-electron chi connectivity index (χ2n) is 5.11. The molecular formula is C17H17N3O5. The third-order valence-electron chi connectivity index (χ3n) is 3.54. The van der Waals surface area contributed by atoms with Gasteiger partial charge in [0, 0.05) is 30.9 Å². The second-order valence-corrected chi connectivity index (χ2v) is 5.11. The number of nitrogens with zero attached hydrogens (tertiary/aromatic N) is 1. The van der Waals surface area contributed by atoms with Gasteiger partial charge in [0.05, 0.1) is 12.0 Å². The molecule has 0 spiro atoms. The number of hydrogen-bond donors (Lipinski definition) is 2. The number of carbonyl (C=O) groups is 2. The molecular weight excluding hydrogens is 326 g/mol. The zero-order chi connectivity index (χ0) is 18.4. The number of methoxy groups -OCH3 is 1. The van der Waals surface area contributed by atoms with Gasteiger partial charge in [0.1, 0.15) is 5.56 Å². The van der Waals surface area contributed by atoms with E-state index in [1.807, 2.05) is 0 Å². The van der Waals surface area contributed by atoms with Gasteiger partial charge in [0.25, 0.3) is 11.6 Å². The Labute approximate surface area is 144 Å². The molecule has 2 rings (SSSR count). The number of hydrogen-bond acceptors (Lipinski definition) is 6. The molecule has 0 fully saturated rings. The quantitative estimate of drug-likeness (QED) is 0.473. The molecule has 0 bridgehead atoms. The molecule has 0 aliphatic rings. The molecule has 8 nitrogen and oxygen atoms in total. The fourth-order valence-corrected chi connectivity index (χ4v) is 2.20. The highest BCUT2D eigenvalue weighted by Gasteiger charge is 2.21. The topological polar surface area (TPSA) is 111 Å². The number of benzene rings is 2. The van der Waals surface area contributed by atoms with Gasteiger partial charge < -0.3 is 15.4 Å². The van der Waals surface area contributed by atoms with Crippen LogP contribution >= 0.6 is 0 Å². The van der Waals surface area contributed by atoms with E-state index in [0.29, 0.717) is 17.8 Å². The molecule has 0 saturated carbocycles. The summed E-state index contributed by atoms with van der Waals surface area (Å²) in [6.07, 6.45) is 0. The van der Waals surface area contributed by atoms with E-state index in [1.165, 1.54) is 25.3 Å². The van der Waals surface area contributed by atoms with Crippen LogP contribution in [0.1, 0.15) is 26.3 Å². The third-order valence-corrected chi connectivity index (χ3v) is 3.54. The van der Waals surface area contributed by atoms with Crippen molar-refractivity contribution in [3.63, 3.8) is 0 Å². The average Bonchev–Trinajstić information content (AvgIpc) is 2.65. The van der Waals surface area contributed by atoms with Crippen LogP contribution in [0.15, 0.2) is 42.5 Å². The fourth-order valence-electron chi connectivity index (χ4n) is 2.20. The molecule has 8 heteroatoms. The molecule has 0 aromatic heterocycles. The number of nitro groups is 1. The van der Waals surface area contributed by atoms with E-state index in [4.69, 9.17) is 0 Å². The Kier molecular flexibility index (Phi) is 5.67. The number of nitrogens with one attached hydrogen (secondary N) is 2. The first-order valence-electron chi connectivity index (χ1n) is 7.38. The van der Waals surface area contributed by atoms with Crippen molar-refractivity contribution in [2.45, 2.75) is 6.54 Å². The van der Waals surface area contributed by atoms with Crippen molar-refractivity contribution in [3.05, 3.63) is 69.3 Å². The molecule has 0 radical (unpaired) electrons. The predicted octanol–water partition coefficient (Wildman–Crippen LogP) is 2.35. The normalized spacial score (nSPS) is 10.0. The van der Waals surface area contributed by atoms with Crippen molar-refractivity contribution in [1.29, 1.82) is 0 Å². The van der Waals surface area contributed by atoms with Gasteiger partial charge in [0.15, 0.2) is 0 Å². The van der Waals surface area contributed by atoms with Crippen molar-refractivity contribution in [2.75, 3.05) is 19.5 Å². The first kappa shape index (κ1) is 17.9. The minimum atomic E-state index is -0.773. The lowest BCUT2D eigenvalue weighted by molar-refractivity contribution is -0.385. The summed E-state index contributed by atoms with van der Waals surface area (Å²) >= 11 is 0. The van der Waals surface area contributed by atoms with Crippen LogP contribution in [0.5, 0.6) is 0 Å². The summed E-state index contributed by atoms with van der Waals surface area (Å²) in [6.45, 7) is 0.423. The number of nitro benzene ring substituents is 1. The lowest BCUT2D eigenvalue weighted by Gasteiger charge is -2.09. The van der Waals surface area contributed by atoms with Crippen molar-refractivity contribution in [1.82, 2.24) is 5.32 Å². The van der Waals surface area contributed by atoms with Crippen LogP contribution in [-0.4, -0.2) is 31.0 Å². The average molecular weight is 343 g/mol. The Balaban J connectivity index is 2.14. The highest BCUT2D eigenvalue weighted by Crippen LogP contribution is 2.24. The van der Waals surface area contributed by atoms with E-state index in [0.717, 1.165) is 5.56 Å². The Morgan fingerprint density at radius 2 is 1.84 bits per heavy atom. The Morgan fingerprint density at radius 1 is 1.16 bits per heavy atom. The standard InChI is InChI=1S/C17H17N3O5/c1-18-16(21)12-5-3-11(4-6-12)10-19-13-7-8-15(20(23)24)14(9-13)17(22)25-2/h3-9,19H,10H2,1-2H3,(H,18,21). The van der Waals surface area contributed by atoms with Crippen molar-refractivity contribution in [3.8, 4) is 0 Å².